The highest BCUT2D eigenvalue weighted by molar-refractivity contribution is 8.14. The van der Waals surface area contributed by atoms with Gasteiger partial charge < -0.3 is 5.32 Å². The highest BCUT2D eigenvalue weighted by Gasteiger charge is 2.19. The molecule has 1 rings (SSSR count). The summed E-state index contributed by atoms with van der Waals surface area (Å²) >= 11 is 3.90. The molecule has 0 aromatic heterocycles. The van der Waals surface area contributed by atoms with Crippen LogP contribution in [-0.4, -0.2) is 34.0 Å². The lowest BCUT2D eigenvalue weighted by atomic mass is 10.2. The van der Waals surface area contributed by atoms with Crippen molar-refractivity contribution < 1.29 is 0 Å². The molecule has 3 atom stereocenters. The summed E-state index contributed by atoms with van der Waals surface area (Å²) in [5.74, 6) is 2.46. The third-order valence-corrected chi connectivity index (χ3v) is 4.57. The van der Waals surface area contributed by atoms with Crippen LogP contribution in [0.1, 0.15) is 40.5 Å². The molecule has 0 aliphatic carbocycles. The topological polar surface area (TPSA) is 24.4 Å². The normalized spacial score (nSPS) is 27.4. The minimum atomic E-state index is 0.482. The third-order valence-electron chi connectivity index (χ3n) is 2.59. The van der Waals surface area contributed by atoms with Gasteiger partial charge in [-0.05, 0) is 38.2 Å². The largest absolute Gasteiger partial charge is 0.362 e. The van der Waals surface area contributed by atoms with E-state index < -0.39 is 0 Å². The van der Waals surface area contributed by atoms with E-state index in [2.05, 4.69) is 38.0 Å². The Hall–Kier alpha value is 0.170. The molecule has 2 nitrogen and oxygen atoms in total. The number of thioether (sulfide) groups is 2. The maximum Gasteiger partial charge on any atom is 0.157 e. The molecule has 16 heavy (non-hydrogen) atoms. The SMILES string of the molecule is CCSCCC(C)NC1=NC(C)CC(C)S1. The van der Waals surface area contributed by atoms with Crippen LogP contribution in [0.25, 0.3) is 0 Å². The van der Waals surface area contributed by atoms with Gasteiger partial charge in [-0.25, -0.2) is 0 Å². The molecule has 0 bridgehead atoms. The number of nitrogens with one attached hydrogen (secondary N) is 1. The van der Waals surface area contributed by atoms with Gasteiger partial charge in [-0.1, -0.05) is 25.6 Å². The smallest absolute Gasteiger partial charge is 0.157 e. The van der Waals surface area contributed by atoms with Gasteiger partial charge in [-0.2, -0.15) is 11.8 Å². The van der Waals surface area contributed by atoms with E-state index in [1.807, 2.05) is 23.5 Å². The van der Waals surface area contributed by atoms with Gasteiger partial charge in [0.2, 0.25) is 0 Å². The predicted molar refractivity (Wildman–Crippen MR) is 78.8 cm³/mol. The fourth-order valence-corrected chi connectivity index (χ4v) is 3.84. The Morgan fingerprint density at radius 1 is 1.56 bits per heavy atom. The number of aliphatic imine (C=N–C) groups is 1. The summed E-state index contributed by atoms with van der Waals surface area (Å²) in [5.41, 5.74) is 0. The van der Waals surface area contributed by atoms with Crippen LogP contribution in [0.2, 0.25) is 0 Å². The Bertz CT molecular complexity index is 231. The summed E-state index contributed by atoms with van der Waals surface area (Å²) in [7, 11) is 0. The first-order chi connectivity index (χ1) is 7.61. The molecule has 0 fully saturated rings. The molecular formula is C12H24N2S2. The Morgan fingerprint density at radius 2 is 2.31 bits per heavy atom. The van der Waals surface area contributed by atoms with Gasteiger partial charge in [0.1, 0.15) is 0 Å². The molecule has 0 saturated carbocycles. The average molecular weight is 260 g/mol. The van der Waals surface area contributed by atoms with Crippen molar-refractivity contribution in [2.24, 2.45) is 4.99 Å². The first kappa shape index (κ1) is 14.2. The molecule has 1 heterocycles. The Morgan fingerprint density at radius 3 is 2.94 bits per heavy atom. The molecule has 4 heteroatoms. The monoisotopic (exact) mass is 260 g/mol. The summed E-state index contributed by atoms with van der Waals surface area (Å²) in [6.45, 7) is 8.96. The molecule has 3 unspecified atom stereocenters. The van der Waals surface area contributed by atoms with Crippen LogP contribution in [0, 0.1) is 0 Å². The molecule has 0 radical (unpaired) electrons. The van der Waals surface area contributed by atoms with Crippen molar-refractivity contribution in [3.05, 3.63) is 0 Å². The summed E-state index contributed by atoms with van der Waals surface area (Å²) < 4.78 is 0. The van der Waals surface area contributed by atoms with Crippen molar-refractivity contribution in [2.45, 2.75) is 57.9 Å². The quantitative estimate of drug-likeness (QED) is 0.767. The molecule has 0 aromatic carbocycles. The Labute approximate surface area is 108 Å². The first-order valence-electron chi connectivity index (χ1n) is 6.20. The zero-order chi connectivity index (χ0) is 12.0. The third kappa shape index (κ3) is 5.48. The van der Waals surface area contributed by atoms with Crippen LogP contribution in [0.3, 0.4) is 0 Å². The van der Waals surface area contributed by atoms with Gasteiger partial charge in [0.05, 0.1) is 6.04 Å². The molecule has 0 amide bonds. The van der Waals surface area contributed by atoms with Crippen molar-refractivity contribution in [1.82, 2.24) is 5.32 Å². The second-order valence-electron chi connectivity index (χ2n) is 4.48. The standard InChI is InChI=1S/C12H24N2S2/c1-5-15-7-6-9(2)13-12-14-10(3)8-11(4)16-12/h9-11H,5-8H2,1-4H3,(H,13,14). The number of amidine groups is 1. The molecular weight excluding hydrogens is 236 g/mol. The van der Waals surface area contributed by atoms with E-state index in [9.17, 15) is 0 Å². The van der Waals surface area contributed by atoms with Crippen molar-refractivity contribution in [2.75, 3.05) is 11.5 Å². The second kappa shape index (κ2) is 7.49. The number of hydrogen-bond donors (Lipinski definition) is 1. The van der Waals surface area contributed by atoms with E-state index in [1.54, 1.807) is 0 Å². The van der Waals surface area contributed by atoms with Crippen LogP contribution in [0.5, 0.6) is 0 Å². The summed E-state index contributed by atoms with van der Waals surface area (Å²) in [4.78, 5) is 4.66. The zero-order valence-electron chi connectivity index (χ0n) is 10.8. The molecule has 0 spiro atoms. The van der Waals surface area contributed by atoms with Crippen molar-refractivity contribution in [3.8, 4) is 0 Å². The number of nitrogens with zero attached hydrogens (tertiary/aromatic N) is 1. The van der Waals surface area contributed by atoms with E-state index in [0.29, 0.717) is 17.3 Å². The summed E-state index contributed by atoms with van der Waals surface area (Å²) in [5, 5.41) is 5.39. The maximum atomic E-state index is 4.66. The van der Waals surface area contributed by atoms with E-state index in [-0.39, 0.29) is 0 Å². The van der Waals surface area contributed by atoms with Crippen LogP contribution in [-0.2, 0) is 0 Å². The van der Waals surface area contributed by atoms with Crippen molar-refractivity contribution in [3.63, 3.8) is 0 Å². The first-order valence-corrected chi connectivity index (χ1v) is 8.24. The molecule has 94 valence electrons. The van der Waals surface area contributed by atoms with Crippen LogP contribution < -0.4 is 5.32 Å². The van der Waals surface area contributed by atoms with Gasteiger partial charge in [0.15, 0.2) is 5.17 Å². The lowest BCUT2D eigenvalue weighted by Crippen LogP contribution is -2.35. The fourth-order valence-electron chi connectivity index (χ4n) is 1.76. The van der Waals surface area contributed by atoms with E-state index >= 15 is 0 Å². The van der Waals surface area contributed by atoms with Gasteiger partial charge >= 0.3 is 0 Å². The minimum absolute atomic E-state index is 0.482. The molecule has 1 aliphatic heterocycles. The van der Waals surface area contributed by atoms with Gasteiger partial charge in [0, 0.05) is 11.3 Å². The number of hydrogen-bond acceptors (Lipinski definition) is 4. The summed E-state index contributed by atoms with van der Waals surface area (Å²) in [6, 6.07) is 1.03. The van der Waals surface area contributed by atoms with E-state index in [4.69, 9.17) is 0 Å². The van der Waals surface area contributed by atoms with Gasteiger partial charge in [0.25, 0.3) is 0 Å². The summed E-state index contributed by atoms with van der Waals surface area (Å²) in [6.07, 6.45) is 2.43. The van der Waals surface area contributed by atoms with Crippen LogP contribution in [0.15, 0.2) is 4.99 Å². The fraction of sp³-hybridized carbons (Fsp3) is 0.917. The molecule has 0 saturated heterocycles. The van der Waals surface area contributed by atoms with Gasteiger partial charge in [-0.15, -0.1) is 0 Å². The average Bonchev–Trinajstić information content (AvgIpc) is 2.16. The minimum Gasteiger partial charge on any atom is -0.362 e. The highest BCUT2D eigenvalue weighted by Crippen LogP contribution is 2.24. The number of rotatable bonds is 5. The lowest BCUT2D eigenvalue weighted by molar-refractivity contribution is 0.623. The van der Waals surface area contributed by atoms with Gasteiger partial charge in [-0.3, -0.25) is 4.99 Å². The predicted octanol–water partition coefficient (Wildman–Crippen LogP) is 3.38. The van der Waals surface area contributed by atoms with Crippen molar-refractivity contribution >= 4 is 28.7 Å². The van der Waals surface area contributed by atoms with Crippen LogP contribution >= 0.6 is 23.5 Å². The molecule has 1 aliphatic rings. The molecule has 0 aromatic rings. The Kier molecular flexibility index (Phi) is 6.66. The Balaban J connectivity index is 2.29. The van der Waals surface area contributed by atoms with Crippen LogP contribution in [0.4, 0.5) is 0 Å². The van der Waals surface area contributed by atoms with E-state index in [0.717, 1.165) is 5.17 Å². The lowest BCUT2D eigenvalue weighted by Gasteiger charge is -2.25. The maximum absolute atomic E-state index is 4.66. The zero-order valence-corrected chi connectivity index (χ0v) is 12.5. The van der Waals surface area contributed by atoms with Crippen molar-refractivity contribution in [1.29, 1.82) is 0 Å². The molecule has 1 N–H and O–H groups in total. The van der Waals surface area contributed by atoms with E-state index in [1.165, 1.54) is 24.3 Å². The highest BCUT2D eigenvalue weighted by atomic mass is 32.2. The second-order valence-corrected chi connectivity index (χ2v) is 7.30.